The van der Waals surface area contributed by atoms with Gasteiger partial charge in [0.1, 0.15) is 5.76 Å². The Hall–Kier alpha value is -3.84. The van der Waals surface area contributed by atoms with Crippen LogP contribution in [-0.4, -0.2) is 104 Å². The van der Waals surface area contributed by atoms with Crippen LogP contribution in [0.15, 0.2) is 71.7 Å². The van der Waals surface area contributed by atoms with Crippen LogP contribution < -0.4 is 4.90 Å². The number of aliphatic hydroxyl groups is 1. The number of amides is 2. The lowest BCUT2D eigenvalue weighted by atomic mass is 9.82. The molecule has 1 unspecified atom stereocenters. The third-order valence-corrected chi connectivity index (χ3v) is 11.1. The van der Waals surface area contributed by atoms with E-state index in [9.17, 15) is 27.9 Å². The van der Waals surface area contributed by atoms with Crippen LogP contribution >= 0.6 is 0 Å². The van der Waals surface area contributed by atoms with Crippen molar-refractivity contribution in [2.75, 3.05) is 63.9 Å². The number of likely N-dealkylation sites (tertiary alicyclic amines) is 1. The van der Waals surface area contributed by atoms with Crippen molar-refractivity contribution in [2.45, 2.75) is 36.1 Å². The molecule has 2 amide bonds. The Bertz CT molecular complexity index is 1640. The van der Waals surface area contributed by atoms with Crippen LogP contribution in [0.25, 0.3) is 5.76 Å². The van der Waals surface area contributed by atoms with Crippen LogP contribution in [0, 0.1) is 0 Å². The van der Waals surface area contributed by atoms with Gasteiger partial charge in [-0.05, 0) is 43.2 Å². The molecule has 0 saturated carbocycles. The highest BCUT2D eigenvalue weighted by Gasteiger charge is 2.67. The Morgan fingerprint density at radius 2 is 1.58 bits per heavy atom. The molecule has 11 nitrogen and oxygen atoms in total. The van der Waals surface area contributed by atoms with Gasteiger partial charge in [-0.15, -0.1) is 6.58 Å². The lowest BCUT2D eigenvalue weighted by Crippen LogP contribution is -2.54. The number of sulfonamides is 1. The van der Waals surface area contributed by atoms with Crippen molar-refractivity contribution in [1.29, 1.82) is 0 Å². The quantitative estimate of drug-likeness (QED) is 0.203. The van der Waals surface area contributed by atoms with E-state index in [4.69, 9.17) is 4.74 Å². The summed E-state index contributed by atoms with van der Waals surface area (Å²) in [7, 11) is -3.76. The zero-order valence-corrected chi connectivity index (χ0v) is 26.0. The van der Waals surface area contributed by atoms with Crippen LogP contribution in [0.1, 0.15) is 36.8 Å². The average molecular weight is 635 g/mol. The monoisotopic (exact) mass is 634 g/mol. The fourth-order valence-corrected chi connectivity index (χ4v) is 8.42. The number of hydrogen-bond donors (Lipinski definition) is 1. The van der Waals surface area contributed by atoms with Gasteiger partial charge in [0, 0.05) is 56.9 Å². The van der Waals surface area contributed by atoms with Crippen molar-refractivity contribution in [3.63, 3.8) is 0 Å². The summed E-state index contributed by atoms with van der Waals surface area (Å²) in [5, 5.41) is 11.8. The molecule has 45 heavy (non-hydrogen) atoms. The summed E-state index contributed by atoms with van der Waals surface area (Å²) in [6.45, 7) is 7.67. The number of ether oxygens (including phenoxy) is 1. The molecule has 4 aliphatic rings. The van der Waals surface area contributed by atoms with Gasteiger partial charge in [-0.2, -0.15) is 4.31 Å². The van der Waals surface area contributed by atoms with E-state index in [0.29, 0.717) is 57.2 Å². The molecule has 3 saturated heterocycles. The maximum absolute atomic E-state index is 14.5. The average Bonchev–Trinajstić information content (AvgIpc) is 3.26. The third kappa shape index (κ3) is 5.19. The number of fused-ring (bicyclic) bond motifs is 2. The summed E-state index contributed by atoms with van der Waals surface area (Å²) in [5.41, 5.74) is -1.17. The predicted molar refractivity (Wildman–Crippen MR) is 168 cm³/mol. The Labute approximate surface area is 263 Å². The number of benzene rings is 2. The van der Waals surface area contributed by atoms with Gasteiger partial charge < -0.3 is 19.6 Å². The number of Topliss-reactive ketones (excluding diaryl/α,β-unsaturated/α-hetero) is 1. The Morgan fingerprint density at radius 1 is 0.911 bits per heavy atom. The minimum atomic E-state index is -3.76. The van der Waals surface area contributed by atoms with Crippen molar-refractivity contribution in [1.82, 2.24) is 14.1 Å². The molecule has 4 heterocycles. The first-order chi connectivity index (χ1) is 21.7. The number of ketones is 1. The molecule has 3 fully saturated rings. The van der Waals surface area contributed by atoms with E-state index < -0.39 is 38.9 Å². The summed E-state index contributed by atoms with van der Waals surface area (Å²) >= 11 is 0. The molecule has 4 aliphatic heterocycles. The smallest absolute Gasteiger partial charge is 0.296 e. The third-order valence-electron chi connectivity index (χ3n) is 9.20. The second-order valence-corrected chi connectivity index (χ2v) is 13.7. The van der Waals surface area contributed by atoms with Gasteiger partial charge >= 0.3 is 0 Å². The van der Waals surface area contributed by atoms with Crippen LogP contribution in [-0.2, 0) is 34.7 Å². The number of carbonyl (C=O) groups excluding carboxylic acids is 3. The maximum atomic E-state index is 14.5. The normalized spacial score (nSPS) is 24.3. The highest BCUT2D eigenvalue weighted by molar-refractivity contribution is 7.89. The predicted octanol–water partition coefficient (Wildman–Crippen LogP) is 2.69. The molecule has 1 spiro atoms. The number of para-hydroxylation sites is 1. The maximum Gasteiger partial charge on any atom is 0.296 e. The SMILES string of the molecule is C=CCN1C(=O)C2(/C(=C(/O)c3ccc(S(=O)(=O)N4CCCCCC4)cc3)C(=O)C(=O)N2CCN2CCOCC2)c2ccccc21. The molecule has 2 aromatic carbocycles. The topological polar surface area (TPSA) is 128 Å². The summed E-state index contributed by atoms with van der Waals surface area (Å²) in [5.74, 6) is -2.93. The van der Waals surface area contributed by atoms with Crippen molar-refractivity contribution in [3.8, 4) is 0 Å². The minimum Gasteiger partial charge on any atom is -0.507 e. The largest absolute Gasteiger partial charge is 0.507 e. The molecule has 0 aliphatic carbocycles. The van der Waals surface area contributed by atoms with Gasteiger partial charge in [0.2, 0.25) is 10.0 Å². The van der Waals surface area contributed by atoms with Gasteiger partial charge in [0.15, 0.2) is 5.54 Å². The Morgan fingerprint density at radius 3 is 2.24 bits per heavy atom. The fraction of sp³-hybridized carbons (Fsp3) is 0.424. The summed E-state index contributed by atoms with van der Waals surface area (Å²) in [6.07, 6.45) is 5.12. The lowest BCUT2D eigenvalue weighted by molar-refractivity contribution is -0.144. The highest BCUT2D eigenvalue weighted by atomic mass is 32.2. The van der Waals surface area contributed by atoms with E-state index in [0.717, 1.165) is 25.7 Å². The van der Waals surface area contributed by atoms with Crippen LogP contribution in [0.4, 0.5) is 5.69 Å². The molecule has 12 heteroatoms. The zero-order valence-electron chi connectivity index (χ0n) is 25.2. The first-order valence-electron chi connectivity index (χ1n) is 15.5. The molecule has 1 atom stereocenters. The summed E-state index contributed by atoms with van der Waals surface area (Å²) in [6, 6.07) is 12.6. The molecule has 0 aromatic heterocycles. The summed E-state index contributed by atoms with van der Waals surface area (Å²) < 4.78 is 33.7. The van der Waals surface area contributed by atoms with E-state index >= 15 is 0 Å². The number of nitrogens with zero attached hydrogens (tertiary/aromatic N) is 4. The Kier molecular flexibility index (Phi) is 8.66. The number of morpholine rings is 1. The molecule has 6 rings (SSSR count). The molecule has 0 radical (unpaired) electrons. The van der Waals surface area contributed by atoms with Crippen molar-refractivity contribution < 1.29 is 32.6 Å². The second-order valence-electron chi connectivity index (χ2n) is 11.7. The first-order valence-corrected chi connectivity index (χ1v) is 16.9. The molecule has 1 N–H and O–H groups in total. The molecule has 2 aromatic rings. The fourth-order valence-electron chi connectivity index (χ4n) is 6.90. The van der Waals surface area contributed by atoms with Crippen LogP contribution in [0.3, 0.4) is 0 Å². The first kappa shape index (κ1) is 31.2. The van der Waals surface area contributed by atoms with Crippen LogP contribution in [0.2, 0.25) is 0 Å². The van der Waals surface area contributed by atoms with Crippen LogP contribution in [0.5, 0.6) is 0 Å². The summed E-state index contributed by atoms with van der Waals surface area (Å²) in [4.78, 5) is 47.2. The van der Waals surface area contributed by atoms with E-state index in [1.165, 1.54) is 38.4 Å². The molecular weight excluding hydrogens is 596 g/mol. The van der Waals surface area contributed by atoms with Gasteiger partial charge in [0.25, 0.3) is 17.6 Å². The molecule has 238 valence electrons. The number of rotatable bonds is 8. The van der Waals surface area contributed by atoms with E-state index in [1.807, 2.05) is 0 Å². The number of aliphatic hydroxyl groups excluding tert-OH is 1. The van der Waals surface area contributed by atoms with Crippen molar-refractivity contribution in [3.05, 3.63) is 77.9 Å². The molecular formula is C33H38N4O7S. The standard InChI is InChI=1S/C33H38N4O7S/c1-2-15-36-27-10-6-5-9-26(27)33(32(36)41)28(30(39)31(40)37(33)19-18-34-20-22-44-23-21-34)29(38)24-11-13-25(14-12-24)45(42,43)35-16-7-3-4-8-17-35/h2,5-6,9-14,38H,1,3-4,7-8,15-23H2/b29-28+. The van der Waals surface area contributed by atoms with E-state index in [1.54, 1.807) is 30.3 Å². The van der Waals surface area contributed by atoms with Gasteiger partial charge in [-0.25, -0.2) is 8.42 Å². The lowest BCUT2D eigenvalue weighted by Gasteiger charge is -2.36. The second kappa shape index (κ2) is 12.5. The van der Waals surface area contributed by atoms with Gasteiger partial charge in [0.05, 0.1) is 29.4 Å². The number of carbonyl (C=O) groups is 3. The van der Waals surface area contributed by atoms with E-state index in [-0.39, 0.29) is 29.1 Å². The minimum absolute atomic E-state index is 0.0658. The Balaban J connectivity index is 1.45. The number of hydrogen-bond acceptors (Lipinski definition) is 8. The number of anilines is 1. The van der Waals surface area contributed by atoms with Gasteiger partial charge in [-0.1, -0.05) is 37.1 Å². The highest BCUT2D eigenvalue weighted by Crippen LogP contribution is 2.53. The van der Waals surface area contributed by atoms with Crippen molar-refractivity contribution in [2.24, 2.45) is 0 Å². The molecule has 0 bridgehead atoms. The zero-order chi connectivity index (χ0) is 31.8. The van der Waals surface area contributed by atoms with Gasteiger partial charge in [-0.3, -0.25) is 19.3 Å². The van der Waals surface area contributed by atoms with Crippen molar-refractivity contribution >= 4 is 39.1 Å². The van der Waals surface area contributed by atoms with E-state index in [2.05, 4.69) is 11.5 Å².